The van der Waals surface area contributed by atoms with Gasteiger partial charge in [-0.2, -0.15) is 0 Å². The average molecular weight is 203 g/mol. The molecule has 15 heavy (non-hydrogen) atoms. The number of hydrogen-bond acceptors (Lipinski definition) is 5. The molecule has 0 bridgehead atoms. The van der Waals surface area contributed by atoms with E-state index in [9.17, 15) is 4.79 Å². The number of aromatic amines is 1. The van der Waals surface area contributed by atoms with Gasteiger partial charge in [-0.1, -0.05) is 0 Å². The van der Waals surface area contributed by atoms with Crippen LogP contribution in [0.2, 0.25) is 0 Å². The Morgan fingerprint density at radius 3 is 3.00 bits per heavy atom. The highest BCUT2D eigenvalue weighted by atomic mass is 16.1. The van der Waals surface area contributed by atoms with E-state index in [4.69, 9.17) is 0 Å². The molecule has 0 aliphatic carbocycles. The van der Waals surface area contributed by atoms with Crippen LogP contribution in [0.4, 0.5) is 5.82 Å². The summed E-state index contributed by atoms with van der Waals surface area (Å²) >= 11 is 0. The molecule has 0 aliphatic rings. The molecular weight excluding hydrogens is 194 g/mol. The monoisotopic (exact) mass is 203 g/mol. The van der Waals surface area contributed by atoms with Gasteiger partial charge in [0.2, 0.25) is 0 Å². The van der Waals surface area contributed by atoms with E-state index in [0.717, 1.165) is 5.69 Å². The standard InChI is InChI=1S/C9H9N5O/c15-9-8(11-3-4-12-9)13-5-7-1-2-10-6-14-7/h1-4,6H,5H2,(H,11,13)(H,12,15). The van der Waals surface area contributed by atoms with Crippen molar-refractivity contribution in [2.75, 3.05) is 5.32 Å². The number of aromatic nitrogens is 4. The van der Waals surface area contributed by atoms with Crippen LogP contribution in [0.1, 0.15) is 5.69 Å². The predicted octanol–water partition coefficient (Wildman–Crippen LogP) is 0.172. The Morgan fingerprint density at radius 2 is 2.27 bits per heavy atom. The minimum Gasteiger partial charge on any atom is -0.360 e. The second-order valence-electron chi connectivity index (χ2n) is 2.82. The van der Waals surface area contributed by atoms with Crippen LogP contribution in [0.25, 0.3) is 0 Å². The molecule has 0 fully saturated rings. The summed E-state index contributed by atoms with van der Waals surface area (Å²) < 4.78 is 0. The van der Waals surface area contributed by atoms with Gasteiger partial charge < -0.3 is 10.3 Å². The van der Waals surface area contributed by atoms with E-state index in [2.05, 4.69) is 25.3 Å². The van der Waals surface area contributed by atoms with E-state index in [0.29, 0.717) is 6.54 Å². The molecular formula is C9H9N5O. The lowest BCUT2D eigenvalue weighted by molar-refractivity contribution is 0.983. The summed E-state index contributed by atoms with van der Waals surface area (Å²) in [6.45, 7) is 0.447. The van der Waals surface area contributed by atoms with Crippen LogP contribution in [-0.4, -0.2) is 19.9 Å². The Kier molecular flexibility index (Phi) is 2.68. The molecule has 0 aliphatic heterocycles. The molecule has 2 rings (SSSR count). The lowest BCUT2D eigenvalue weighted by Gasteiger charge is -2.02. The van der Waals surface area contributed by atoms with E-state index < -0.39 is 0 Å². The number of rotatable bonds is 3. The van der Waals surface area contributed by atoms with Crippen LogP contribution in [0.15, 0.2) is 35.8 Å². The SMILES string of the molecule is O=c1[nH]ccnc1NCc1ccncn1. The molecule has 0 radical (unpaired) electrons. The Labute approximate surface area is 85.4 Å². The van der Waals surface area contributed by atoms with Crippen molar-refractivity contribution < 1.29 is 0 Å². The van der Waals surface area contributed by atoms with Crippen molar-refractivity contribution in [2.45, 2.75) is 6.54 Å². The fraction of sp³-hybridized carbons (Fsp3) is 0.111. The summed E-state index contributed by atoms with van der Waals surface area (Å²) in [7, 11) is 0. The van der Waals surface area contributed by atoms with Crippen LogP contribution >= 0.6 is 0 Å². The first kappa shape index (κ1) is 9.32. The maximum Gasteiger partial charge on any atom is 0.290 e. The van der Waals surface area contributed by atoms with Crippen molar-refractivity contribution >= 4 is 5.82 Å². The lowest BCUT2D eigenvalue weighted by Crippen LogP contribution is -2.15. The number of anilines is 1. The fourth-order valence-corrected chi connectivity index (χ4v) is 1.07. The smallest absolute Gasteiger partial charge is 0.290 e. The summed E-state index contributed by atoms with van der Waals surface area (Å²) in [5.74, 6) is 0.288. The van der Waals surface area contributed by atoms with Gasteiger partial charge in [-0.05, 0) is 6.07 Å². The van der Waals surface area contributed by atoms with Crippen LogP contribution in [0, 0.1) is 0 Å². The van der Waals surface area contributed by atoms with Crippen molar-refractivity contribution in [1.82, 2.24) is 19.9 Å². The van der Waals surface area contributed by atoms with Crippen molar-refractivity contribution in [1.29, 1.82) is 0 Å². The molecule has 0 saturated carbocycles. The third kappa shape index (κ3) is 2.37. The summed E-state index contributed by atoms with van der Waals surface area (Å²) in [5, 5.41) is 2.88. The third-order valence-corrected chi connectivity index (χ3v) is 1.79. The average Bonchev–Trinajstić information content (AvgIpc) is 2.29. The van der Waals surface area contributed by atoms with Crippen molar-refractivity contribution in [2.24, 2.45) is 0 Å². The van der Waals surface area contributed by atoms with Crippen molar-refractivity contribution in [3.8, 4) is 0 Å². The van der Waals surface area contributed by atoms with Crippen LogP contribution < -0.4 is 10.9 Å². The number of hydrogen-bond donors (Lipinski definition) is 2. The maximum atomic E-state index is 11.2. The van der Waals surface area contributed by atoms with Gasteiger partial charge in [0.25, 0.3) is 5.56 Å². The molecule has 2 aromatic heterocycles. The molecule has 2 N–H and O–H groups in total. The first-order valence-corrected chi connectivity index (χ1v) is 4.39. The van der Waals surface area contributed by atoms with Crippen LogP contribution in [-0.2, 0) is 6.54 Å². The molecule has 2 heterocycles. The number of nitrogens with one attached hydrogen (secondary N) is 2. The zero-order valence-corrected chi connectivity index (χ0v) is 7.84. The van der Waals surface area contributed by atoms with E-state index in [1.165, 1.54) is 18.7 Å². The zero-order valence-electron chi connectivity index (χ0n) is 7.84. The largest absolute Gasteiger partial charge is 0.360 e. The number of H-pyrrole nitrogens is 1. The summed E-state index contributed by atoms with van der Waals surface area (Å²) in [5.41, 5.74) is 0.557. The van der Waals surface area contributed by atoms with Crippen LogP contribution in [0.5, 0.6) is 0 Å². The number of nitrogens with zero attached hydrogens (tertiary/aromatic N) is 3. The molecule has 6 heteroatoms. The Hall–Kier alpha value is -2.24. The first-order chi connectivity index (χ1) is 7.36. The second-order valence-corrected chi connectivity index (χ2v) is 2.82. The van der Waals surface area contributed by atoms with Gasteiger partial charge in [-0.15, -0.1) is 0 Å². The summed E-state index contributed by atoms with van der Waals surface area (Å²) in [4.78, 5) is 25.5. The molecule has 2 aromatic rings. The van der Waals surface area contributed by atoms with Gasteiger partial charge in [-0.25, -0.2) is 15.0 Å². The molecule has 0 aromatic carbocycles. The van der Waals surface area contributed by atoms with Gasteiger partial charge in [0.05, 0.1) is 12.2 Å². The van der Waals surface area contributed by atoms with E-state index in [-0.39, 0.29) is 11.4 Å². The highest BCUT2D eigenvalue weighted by Crippen LogP contribution is 1.96. The fourth-order valence-electron chi connectivity index (χ4n) is 1.07. The second kappa shape index (κ2) is 4.32. The minimum absolute atomic E-state index is 0.244. The molecule has 0 spiro atoms. The maximum absolute atomic E-state index is 11.2. The van der Waals surface area contributed by atoms with E-state index in [1.807, 2.05) is 0 Å². The topological polar surface area (TPSA) is 83.6 Å². The van der Waals surface area contributed by atoms with Gasteiger partial charge in [0, 0.05) is 18.6 Å². The van der Waals surface area contributed by atoms with E-state index >= 15 is 0 Å². The molecule has 76 valence electrons. The molecule has 0 amide bonds. The lowest BCUT2D eigenvalue weighted by atomic mass is 10.4. The first-order valence-electron chi connectivity index (χ1n) is 4.39. The van der Waals surface area contributed by atoms with Gasteiger partial charge >= 0.3 is 0 Å². The van der Waals surface area contributed by atoms with Crippen molar-refractivity contribution in [3.05, 3.63) is 47.0 Å². The molecule has 0 atom stereocenters. The highest BCUT2D eigenvalue weighted by molar-refractivity contribution is 5.30. The Morgan fingerprint density at radius 1 is 1.33 bits per heavy atom. The normalized spacial score (nSPS) is 9.87. The predicted molar refractivity (Wildman–Crippen MR) is 54.2 cm³/mol. The third-order valence-electron chi connectivity index (χ3n) is 1.79. The van der Waals surface area contributed by atoms with Crippen LogP contribution in [0.3, 0.4) is 0 Å². The van der Waals surface area contributed by atoms with Gasteiger partial charge in [0.1, 0.15) is 6.33 Å². The molecule has 0 unspecified atom stereocenters. The quantitative estimate of drug-likeness (QED) is 0.743. The molecule has 6 nitrogen and oxygen atoms in total. The van der Waals surface area contributed by atoms with Gasteiger partial charge in [-0.3, -0.25) is 4.79 Å². The zero-order chi connectivity index (χ0) is 10.5. The summed E-state index contributed by atoms with van der Waals surface area (Å²) in [6.07, 6.45) is 6.11. The van der Waals surface area contributed by atoms with Gasteiger partial charge in [0.15, 0.2) is 5.82 Å². The summed E-state index contributed by atoms with van der Waals surface area (Å²) in [6, 6.07) is 1.77. The van der Waals surface area contributed by atoms with E-state index in [1.54, 1.807) is 12.3 Å². The molecule has 0 saturated heterocycles. The van der Waals surface area contributed by atoms with Crippen molar-refractivity contribution in [3.63, 3.8) is 0 Å². The highest BCUT2D eigenvalue weighted by Gasteiger charge is 1.99. The Bertz CT molecular complexity index is 481. The Balaban J connectivity index is 2.06. The minimum atomic E-state index is -0.244.